The minimum Gasteiger partial charge on any atom is -0.336 e. The lowest BCUT2D eigenvalue weighted by molar-refractivity contribution is 0.0789. The monoisotopic (exact) mass is 334 g/mol. The Morgan fingerprint density at radius 1 is 1.04 bits per heavy atom. The quantitative estimate of drug-likeness (QED) is 0.778. The van der Waals surface area contributed by atoms with Crippen LogP contribution in [0, 0.1) is 0 Å². The van der Waals surface area contributed by atoms with Gasteiger partial charge in [0.15, 0.2) is 0 Å². The maximum absolute atomic E-state index is 13.1. The zero-order chi connectivity index (χ0) is 17.2. The Morgan fingerprint density at radius 2 is 1.80 bits per heavy atom. The number of tetrazole rings is 1. The average molecular weight is 334 g/mol. The van der Waals surface area contributed by atoms with Gasteiger partial charge in [-0.05, 0) is 28.1 Å². The van der Waals surface area contributed by atoms with Gasteiger partial charge in [-0.3, -0.25) is 4.79 Å². The predicted octanol–water partition coefficient (Wildman–Crippen LogP) is 1.23. The van der Waals surface area contributed by atoms with E-state index in [4.69, 9.17) is 5.73 Å². The number of benzene rings is 2. The number of likely N-dealkylation sites (tertiary alicyclic amines) is 1. The molecular formula is C18H18N6O. The molecule has 2 N–H and O–H groups in total. The highest BCUT2D eigenvalue weighted by atomic mass is 16.2. The molecule has 2 atom stereocenters. The highest BCUT2D eigenvalue weighted by Gasteiger charge is 2.34. The second kappa shape index (κ2) is 6.45. The van der Waals surface area contributed by atoms with E-state index in [1.807, 2.05) is 41.3 Å². The minimum absolute atomic E-state index is 0.0556. The number of hydrogen-bond acceptors (Lipinski definition) is 5. The van der Waals surface area contributed by atoms with Crippen LogP contribution in [0.1, 0.15) is 21.8 Å². The lowest BCUT2D eigenvalue weighted by atomic mass is 9.95. The number of nitrogens with two attached hydrogens (primary N) is 1. The largest absolute Gasteiger partial charge is 0.336 e. The van der Waals surface area contributed by atoms with Gasteiger partial charge in [0.05, 0.1) is 11.3 Å². The first-order valence-corrected chi connectivity index (χ1v) is 8.16. The maximum Gasteiger partial charge on any atom is 0.256 e. The molecule has 4 rings (SSSR count). The second-order valence-corrected chi connectivity index (χ2v) is 6.16. The van der Waals surface area contributed by atoms with E-state index in [0.717, 1.165) is 0 Å². The molecule has 126 valence electrons. The second-order valence-electron chi connectivity index (χ2n) is 6.16. The van der Waals surface area contributed by atoms with Crippen molar-refractivity contribution in [2.75, 3.05) is 13.1 Å². The summed E-state index contributed by atoms with van der Waals surface area (Å²) in [7, 11) is 0. The summed E-state index contributed by atoms with van der Waals surface area (Å²) in [5.41, 5.74) is 8.71. The van der Waals surface area contributed by atoms with Gasteiger partial charge in [-0.15, -0.1) is 5.10 Å². The van der Waals surface area contributed by atoms with Crippen molar-refractivity contribution in [1.82, 2.24) is 25.1 Å². The SMILES string of the molecule is N[C@@H]1CN(C(=O)c2ccccc2-n2cnnn2)C[C@H]1c1ccccc1. The molecule has 0 spiro atoms. The summed E-state index contributed by atoms with van der Waals surface area (Å²) in [6.45, 7) is 1.14. The molecule has 3 aromatic rings. The van der Waals surface area contributed by atoms with Gasteiger partial charge in [-0.1, -0.05) is 42.5 Å². The van der Waals surface area contributed by atoms with Gasteiger partial charge in [0, 0.05) is 25.0 Å². The highest BCUT2D eigenvalue weighted by molar-refractivity contribution is 5.98. The summed E-state index contributed by atoms with van der Waals surface area (Å²) in [5.74, 6) is 0.0883. The van der Waals surface area contributed by atoms with Crippen molar-refractivity contribution < 1.29 is 4.79 Å². The van der Waals surface area contributed by atoms with Gasteiger partial charge in [0.2, 0.25) is 0 Å². The predicted molar refractivity (Wildman–Crippen MR) is 92.2 cm³/mol. The van der Waals surface area contributed by atoms with Crippen LogP contribution < -0.4 is 5.73 Å². The Bertz CT molecular complexity index is 864. The topological polar surface area (TPSA) is 89.9 Å². The average Bonchev–Trinajstić information content (AvgIpc) is 3.32. The van der Waals surface area contributed by atoms with E-state index in [9.17, 15) is 4.79 Å². The van der Waals surface area contributed by atoms with E-state index in [0.29, 0.717) is 24.3 Å². The first-order chi connectivity index (χ1) is 12.2. The molecule has 7 nitrogen and oxygen atoms in total. The minimum atomic E-state index is -0.0773. The Kier molecular flexibility index (Phi) is 3.99. The number of aromatic nitrogens is 4. The van der Waals surface area contributed by atoms with Crippen LogP contribution in [0.15, 0.2) is 60.9 Å². The molecule has 1 aromatic heterocycles. The smallest absolute Gasteiger partial charge is 0.256 e. The first-order valence-electron chi connectivity index (χ1n) is 8.16. The molecule has 0 aliphatic carbocycles. The lowest BCUT2D eigenvalue weighted by Crippen LogP contribution is -2.32. The van der Waals surface area contributed by atoms with Crippen molar-refractivity contribution in [2.24, 2.45) is 5.73 Å². The summed E-state index contributed by atoms with van der Waals surface area (Å²) >= 11 is 0. The van der Waals surface area contributed by atoms with Crippen LogP contribution in [0.25, 0.3) is 5.69 Å². The zero-order valence-corrected chi connectivity index (χ0v) is 13.6. The fourth-order valence-electron chi connectivity index (χ4n) is 3.34. The number of hydrogen-bond donors (Lipinski definition) is 1. The molecule has 0 unspecified atom stereocenters. The van der Waals surface area contributed by atoms with E-state index in [1.54, 1.807) is 6.07 Å². The van der Waals surface area contributed by atoms with Crippen LogP contribution in [0.2, 0.25) is 0 Å². The van der Waals surface area contributed by atoms with Gasteiger partial charge in [-0.2, -0.15) is 4.68 Å². The zero-order valence-electron chi connectivity index (χ0n) is 13.6. The molecule has 0 radical (unpaired) electrons. The molecule has 2 aromatic carbocycles. The molecule has 1 aliphatic heterocycles. The first kappa shape index (κ1) is 15.5. The van der Waals surface area contributed by atoms with E-state index in [1.165, 1.54) is 16.6 Å². The number of carbonyl (C=O) groups excluding carboxylic acids is 1. The summed E-state index contributed by atoms with van der Waals surface area (Å²) in [5, 5.41) is 11.2. The van der Waals surface area contributed by atoms with Gasteiger partial charge in [-0.25, -0.2) is 0 Å². The number of amides is 1. The standard InChI is InChI=1S/C18H18N6O/c19-16-11-23(10-15(16)13-6-2-1-3-7-13)18(25)14-8-4-5-9-17(14)24-12-20-21-22-24/h1-9,12,15-16H,10-11,19H2/t15-,16+/m0/s1. The van der Waals surface area contributed by atoms with Crippen LogP contribution in [0.3, 0.4) is 0 Å². The van der Waals surface area contributed by atoms with Crippen LogP contribution >= 0.6 is 0 Å². The van der Waals surface area contributed by atoms with Crippen molar-refractivity contribution >= 4 is 5.91 Å². The Balaban J connectivity index is 1.61. The van der Waals surface area contributed by atoms with Crippen LogP contribution in [-0.4, -0.2) is 50.1 Å². The molecule has 1 aliphatic rings. The van der Waals surface area contributed by atoms with E-state index in [-0.39, 0.29) is 17.9 Å². The van der Waals surface area contributed by atoms with Crippen molar-refractivity contribution in [3.05, 3.63) is 72.1 Å². The number of rotatable bonds is 3. The maximum atomic E-state index is 13.1. The van der Waals surface area contributed by atoms with Crippen molar-refractivity contribution in [3.8, 4) is 5.69 Å². The van der Waals surface area contributed by atoms with E-state index < -0.39 is 0 Å². The fraction of sp³-hybridized carbons (Fsp3) is 0.222. The molecular weight excluding hydrogens is 316 g/mol. The third-order valence-corrected chi connectivity index (χ3v) is 4.61. The van der Waals surface area contributed by atoms with Gasteiger partial charge in [0.25, 0.3) is 5.91 Å². The summed E-state index contributed by atoms with van der Waals surface area (Å²) in [6, 6.07) is 17.3. The molecule has 1 fully saturated rings. The number of nitrogens with zero attached hydrogens (tertiary/aromatic N) is 5. The number of para-hydroxylation sites is 1. The summed E-state index contributed by atoms with van der Waals surface area (Å²) in [4.78, 5) is 14.9. The van der Waals surface area contributed by atoms with E-state index >= 15 is 0 Å². The molecule has 1 saturated heterocycles. The molecule has 1 amide bonds. The Hall–Kier alpha value is -3.06. The van der Waals surface area contributed by atoms with Gasteiger partial charge >= 0.3 is 0 Å². The van der Waals surface area contributed by atoms with Gasteiger partial charge in [0.1, 0.15) is 6.33 Å². The molecule has 0 bridgehead atoms. The molecule has 7 heteroatoms. The summed E-state index contributed by atoms with van der Waals surface area (Å²) in [6.07, 6.45) is 1.48. The summed E-state index contributed by atoms with van der Waals surface area (Å²) < 4.78 is 1.50. The van der Waals surface area contributed by atoms with Gasteiger partial charge < -0.3 is 10.6 Å². The Morgan fingerprint density at radius 3 is 2.56 bits per heavy atom. The Labute approximate surface area is 145 Å². The van der Waals surface area contributed by atoms with Crippen molar-refractivity contribution in [3.63, 3.8) is 0 Å². The van der Waals surface area contributed by atoms with Crippen LogP contribution in [-0.2, 0) is 0 Å². The van der Waals surface area contributed by atoms with Crippen LogP contribution in [0.4, 0.5) is 0 Å². The normalized spacial score (nSPS) is 20.0. The third-order valence-electron chi connectivity index (χ3n) is 4.61. The molecule has 25 heavy (non-hydrogen) atoms. The molecule has 2 heterocycles. The third kappa shape index (κ3) is 2.89. The number of carbonyl (C=O) groups is 1. The van der Waals surface area contributed by atoms with Crippen LogP contribution in [0.5, 0.6) is 0 Å². The van der Waals surface area contributed by atoms with Crippen molar-refractivity contribution in [2.45, 2.75) is 12.0 Å². The van der Waals surface area contributed by atoms with Crippen molar-refractivity contribution in [1.29, 1.82) is 0 Å². The lowest BCUT2D eigenvalue weighted by Gasteiger charge is -2.18. The fourth-order valence-corrected chi connectivity index (χ4v) is 3.34. The molecule has 0 saturated carbocycles. The highest BCUT2D eigenvalue weighted by Crippen LogP contribution is 2.28. The van der Waals surface area contributed by atoms with E-state index in [2.05, 4.69) is 27.7 Å².